The third-order valence-corrected chi connectivity index (χ3v) is 5.05. The molecule has 128 valence electrons. The summed E-state index contributed by atoms with van der Waals surface area (Å²) < 4.78 is 5.84. The summed E-state index contributed by atoms with van der Waals surface area (Å²) in [5.74, 6) is 0.764. The zero-order valence-electron chi connectivity index (χ0n) is 13.9. The number of aromatic nitrogens is 2. The first-order valence-electron chi connectivity index (χ1n) is 8.94. The number of rotatable bonds is 4. The van der Waals surface area contributed by atoms with Crippen LogP contribution >= 0.6 is 0 Å². The summed E-state index contributed by atoms with van der Waals surface area (Å²) in [5, 5.41) is 12.3. The van der Waals surface area contributed by atoms with Crippen molar-refractivity contribution >= 4 is 5.91 Å². The zero-order valence-corrected chi connectivity index (χ0v) is 13.9. The number of nitriles is 1. The first kappa shape index (κ1) is 16.7. The van der Waals surface area contributed by atoms with E-state index in [1.54, 1.807) is 0 Å². The second-order valence-electron chi connectivity index (χ2n) is 6.76. The molecule has 0 saturated heterocycles. The number of hydrogen-bond donors (Lipinski definition) is 1. The molecule has 3 rings (SSSR count). The first-order chi connectivity index (χ1) is 11.8. The maximum Gasteiger partial charge on any atom is 0.251 e. The summed E-state index contributed by atoms with van der Waals surface area (Å²) in [6, 6.07) is 2.25. The van der Waals surface area contributed by atoms with Crippen LogP contribution < -0.4 is 10.1 Å². The van der Waals surface area contributed by atoms with Crippen LogP contribution in [0.15, 0.2) is 12.4 Å². The van der Waals surface area contributed by atoms with Crippen LogP contribution in [-0.2, 0) is 4.79 Å². The fourth-order valence-electron chi connectivity index (χ4n) is 3.65. The van der Waals surface area contributed by atoms with Gasteiger partial charge in [0.05, 0.1) is 0 Å². The third-order valence-electron chi connectivity index (χ3n) is 5.05. The Balaban J connectivity index is 1.45. The number of nitrogens with one attached hydrogen (secondary N) is 1. The lowest BCUT2D eigenvalue weighted by molar-refractivity contribution is -0.127. The summed E-state index contributed by atoms with van der Waals surface area (Å²) in [6.07, 6.45) is 12.3. The lowest BCUT2D eigenvalue weighted by atomic mass is 9.87. The van der Waals surface area contributed by atoms with Gasteiger partial charge in [-0.15, -0.1) is 0 Å². The Kier molecular flexibility index (Phi) is 5.63. The van der Waals surface area contributed by atoms with E-state index in [2.05, 4.69) is 15.3 Å². The van der Waals surface area contributed by atoms with Crippen molar-refractivity contribution < 1.29 is 9.53 Å². The molecule has 1 N–H and O–H groups in total. The van der Waals surface area contributed by atoms with Gasteiger partial charge in [-0.25, -0.2) is 9.97 Å². The molecule has 1 amide bonds. The van der Waals surface area contributed by atoms with E-state index in [1.807, 2.05) is 6.07 Å². The van der Waals surface area contributed by atoms with Crippen LogP contribution in [0, 0.1) is 17.2 Å². The Morgan fingerprint density at radius 2 is 1.79 bits per heavy atom. The van der Waals surface area contributed by atoms with Gasteiger partial charge in [0.15, 0.2) is 0 Å². The Labute approximate surface area is 142 Å². The molecule has 0 atom stereocenters. The molecule has 0 spiro atoms. The van der Waals surface area contributed by atoms with E-state index in [-0.39, 0.29) is 29.7 Å². The second kappa shape index (κ2) is 8.09. The molecule has 0 bridgehead atoms. The molecule has 0 radical (unpaired) electrons. The fourth-order valence-corrected chi connectivity index (χ4v) is 3.65. The van der Waals surface area contributed by atoms with Gasteiger partial charge in [0.25, 0.3) is 5.88 Å². The van der Waals surface area contributed by atoms with Gasteiger partial charge < -0.3 is 10.1 Å². The van der Waals surface area contributed by atoms with E-state index in [1.165, 1.54) is 31.7 Å². The Morgan fingerprint density at radius 1 is 1.08 bits per heavy atom. The van der Waals surface area contributed by atoms with E-state index in [9.17, 15) is 4.79 Å². The predicted octanol–water partition coefficient (Wildman–Crippen LogP) is 2.73. The molecule has 6 nitrogen and oxygen atoms in total. The summed E-state index contributed by atoms with van der Waals surface area (Å²) in [5.41, 5.74) is 0.227. The molecule has 0 aliphatic heterocycles. The summed E-state index contributed by atoms with van der Waals surface area (Å²) in [7, 11) is 0. The zero-order chi connectivity index (χ0) is 16.8. The van der Waals surface area contributed by atoms with Gasteiger partial charge in [0.1, 0.15) is 12.2 Å². The number of carbonyl (C=O) groups is 1. The molecule has 2 saturated carbocycles. The van der Waals surface area contributed by atoms with Crippen molar-refractivity contribution in [3.8, 4) is 11.9 Å². The van der Waals surface area contributed by atoms with Crippen molar-refractivity contribution in [2.45, 2.75) is 69.9 Å². The van der Waals surface area contributed by atoms with E-state index in [4.69, 9.17) is 10.00 Å². The van der Waals surface area contributed by atoms with E-state index >= 15 is 0 Å². The maximum absolute atomic E-state index is 12.3. The van der Waals surface area contributed by atoms with Crippen molar-refractivity contribution in [3.05, 3.63) is 18.1 Å². The predicted molar refractivity (Wildman–Crippen MR) is 88.1 cm³/mol. The summed E-state index contributed by atoms with van der Waals surface area (Å²) in [6.45, 7) is 0. The van der Waals surface area contributed by atoms with Crippen molar-refractivity contribution in [2.75, 3.05) is 0 Å². The summed E-state index contributed by atoms with van der Waals surface area (Å²) in [4.78, 5) is 20.4. The fraction of sp³-hybridized carbons (Fsp3) is 0.667. The lowest BCUT2D eigenvalue weighted by Crippen LogP contribution is -2.42. The topological polar surface area (TPSA) is 87.9 Å². The molecule has 0 unspecified atom stereocenters. The molecule has 2 fully saturated rings. The van der Waals surface area contributed by atoms with Gasteiger partial charge in [-0.1, -0.05) is 19.3 Å². The monoisotopic (exact) mass is 328 g/mol. The summed E-state index contributed by atoms with van der Waals surface area (Å²) >= 11 is 0. The van der Waals surface area contributed by atoms with E-state index in [0.29, 0.717) is 5.88 Å². The SMILES string of the molecule is N#Cc1nccnc1OC1CCC(NC(=O)C2CCCCC2)CC1. The van der Waals surface area contributed by atoms with E-state index < -0.39 is 0 Å². The Morgan fingerprint density at radius 3 is 2.50 bits per heavy atom. The standard InChI is InChI=1S/C18H24N4O2/c19-12-16-18(21-11-10-20-16)24-15-8-6-14(7-9-15)22-17(23)13-4-2-1-3-5-13/h10-11,13-15H,1-9H2,(H,22,23). The van der Waals surface area contributed by atoms with Gasteiger partial charge in [0.2, 0.25) is 11.6 Å². The minimum atomic E-state index is 0.0385. The third kappa shape index (κ3) is 4.22. The van der Waals surface area contributed by atoms with Crippen LogP contribution in [0.3, 0.4) is 0 Å². The van der Waals surface area contributed by atoms with Crippen molar-refractivity contribution in [1.82, 2.24) is 15.3 Å². The molecule has 1 heterocycles. The number of ether oxygens (including phenoxy) is 1. The van der Waals surface area contributed by atoms with Gasteiger partial charge in [0, 0.05) is 24.4 Å². The smallest absolute Gasteiger partial charge is 0.251 e. The minimum absolute atomic E-state index is 0.0385. The van der Waals surface area contributed by atoms with Crippen LogP contribution in [0.1, 0.15) is 63.5 Å². The number of amides is 1. The molecule has 2 aliphatic carbocycles. The van der Waals surface area contributed by atoms with Crippen LogP contribution in [0.5, 0.6) is 5.88 Å². The van der Waals surface area contributed by atoms with E-state index in [0.717, 1.165) is 38.5 Å². The normalized spacial score (nSPS) is 24.8. The quantitative estimate of drug-likeness (QED) is 0.918. The molecular weight excluding hydrogens is 304 g/mol. The Hall–Kier alpha value is -2.16. The number of carbonyl (C=O) groups excluding carboxylic acids is 1. The van der Waals surface area contributed by atoms with Crippen LogP contribution in [-0.4, -0.2) is 28.0 Å². The molecule has 0 aromatic carbocycles. The first-order valence-corrected chi connectivity index (χ1v) is 8.94. The number of nitrogens with zero attached hydrogens (tertiary/aromatic N) is 3. The highest BCUT2D eigenvalue weighted by Crippen LogP contribution is 2.26. The van der Waals surface area contributed by atoms with Crippen LogP contribution in [0.4, 0.5) is 0 Å². The molecule has 24 heavy (non-hydrogen) atoms. The molecular formula is C18H24N4O2. The van der Waals surface area contributed by atoms with Crippen LogP contribution in [0.25, 0.3) is 0 Å². The van der Waals surface area contributed by atoms with Gasteiger partial charge in [-0.2, -0.15) is 5.26 Å². The molecule has 6 heteroatoms. The van der Waals surface area contributed by atoms with Gasteiger partial charge in [-0.3, -0.25) is 4.79 Å². The second-order valence-corrected chi connectivity index (χ2v) is 6.76. The highest BCUT2D eigenvalue weighted by atomic mass is 16.5. The lowest BCUT2D eigenvalue weighted by Gasteiger charge is -2.31. The highest BCUT2D eigenvalue weighted by Gasteiger charge is 2.27. The molecule has 1 aromatic heterocycles. The molecule has 1 aromatic rings. The van der Waals surface area contributed by atoms with Crippen LogP contribution in [0.2, 0.25) is 0 Å². The van der Waals surface area contributed by atoms with Crippen molar-refractivity contribution in [3.63, 3.8) is 0 Å². The van der Waals surface area contributed by atoms with Gasteiger partial charge >= 0.3 is 0 Å². The highest BCUT2D eigenvalue weighted by molar-refractivity contribution is 5.79. The van der Waals surface area contributed by atoms with Crippen molar-refractivity contribution in [1.29, 1.82) is 5.26 Å². The average Bonchev–Trinajstić information content (AvgIpc) is 2.64. The Bertz CT molecular complexity index is 599. The average molecular weight is 328 g/mol. The van der Waals surface area contributed by atoms with Gasteiger partial charge in [-0.05, 0) is 38.5 Å². The van der Waals surface area contributed by atoms with Crippen molar-refractivity contribution in [2.24, 2.45) is 5.92 Å². The largest absolute Gasteiger partial charge is 0.472 e. The number of hydrogen-bond acceptors (Lipinski definition) is 5. The maximum atomic E-state index is 12.3. The minimum Gasteiger partial charge on any atom is -0.472 e. The molecule has 2 aliphatic rings.